The molecule has 1 aliphatic heterocycles. The number of aryl methyl sites for hydroxylation is 1. The average molecular weight is 251 g/mol. The van der Waals surface area contributed by atoms with Crippen molar-refractivity contribution in [1.82, 2.24) is 14.5 Å². The van der Waals surface area contributed by atoms with Crippen molar-refractivity contribution in [2.45, 2.75) is 32.7 Å². The molecule has 1 fully saturated rings. The van der Waals surface area contributed by atoms with Crippen molar-refractivity contribution in [2.75, 3.05) is 26.7 Å². The first-order valence-corrected chi connectivity index (χ1v) is 6.55. The van der Waals surface area contributed by atoms with Crippen LogP contribution in [0.1, 0.15) is 35.6 Å². The van der Waals surface area contributed by atoms with E-state index in [0.717, 1.165) is 25.3 Å². The summed E-state index contributed by atoms with van der Waals surface area (Å²) in [5.74, 6) is 0.564. The van der Waals surface area contributed by atoms with Crippen LogP contribution in [0.25, 0.3) is 0 Å². The van der Waals surface area contributed by atoms with Crippen molar-refractivity contribution >= 4 is 5.97 Å². The molecule has 0 bridgehead atoms. The summed E-state index contributed by atoms with van der Waals surface area (Å²) in [6, 6.07) is 0. The number of esters is 1. The number of likely N-dealkylation sites (tertiary alicyclic amines) is 1. The molecule has 1 aromatic heterocycles. The quantitative estimate of drug-likeness (QED) is 0.743. The molecule has 2 rings (SSSR count). The fraction of sp³-hybridized carbons (Fsp3) is 0.692. The minimum Gasteiger partial charge on any atom is -0.464 e. The highest BCUT2D eigenvalue weighted by Crippen LogP contribution is 2.10. The zero-order valence-electron chi connectivity index (χ0n) is 11.2. The molecule has 18 heavy (non-hydrogen) atoms. The van der Waals surface area contributed by atoms with Crippen molar-refractivity contribution in [3.05, 3.63) is 17.7 Å². The molecule has 5 nitrogen and oxygen atoms in total. The van der Waals surface area contributed by atoms with Gasteiger partial charge in [-0.15, -0.1) is 0 Å². The molecule has 0 aromatic carbocycles. The predicted octanol–water partition coefficient (Wildman–Crippen LogP) is 1.46. The summed E-state index contributed by atoms with van der Waals surface area (Å²) in [5, 5.41) is 0. The lowest BCUT2D eigenvalue weighted by atomic mass is 10.3. The van der Waals surface area contributed by atoms with Gasteiger partial charge in [-0.25, -0.2) is 9.78 Å². The molecule has 0 atom stereocenters. The summed E-state index contributed by atoms with van der Waals surface area (Å²) in [5.41, 5.74) is 0.552. The van der Waals surface area contributed by atoms with E-state index in [1.165, 1.54) is 33.0 Å². The lowest BCUT2D eigenvalue weighted by Crippen LogP contribution is -2.22. The number of aromatic nitrogens is 2. The minimum atomic E-state index is -0.309. The van der Waals surface area contributed by atoms with Crippen LogP contribution >= 0.6 is 0 Å². The topological polar surface area (TPSA) is 47.4 Å². The number of rotatable bonds is 5. The monoisotopic (exact) mass is 251 g/mol. The van der Waals surface area contributed by atoms with Gasteiger partial charge in [0.15, 0.2) is 0 Å². The van der Waals surface area contributed by atoms with Gasteiger partial charge in [-0.2, -0.15) is 0 Å². The smallest absolute Gasteiger partial charge is 0.356 e. The van der Waals surface area contributed by atoms with E-state index in [1.807, 2.05) is 11.5 Å². The second-order valence-electron chi connectivity index (χ2n) is 4.74. The molecule has 0 aliphatic carbocycles. The summed E-state index contributed by atoms with van der Waals surface area (Å²) >= 11 is 0. The Bertz CT molecular complexity index is 408. The largest absolute Gasteiger partial charge is 0.464 e. The van der Waals surface area contributed by atoms with Gasteiger partial charge < -0.3 is 14.2 Å². The van der Waals surface area contributed by atoms with Crippen molar-refractivity contribution in [2.24, 2.45) is 0 Å². The van der Waals surface area contributed by atoms with Gasteiger partial charge in [0.05, 0.1) is 13.3 Å². The van der Waals surface area contributed by atoms with Gasteiger partial charge in [-0.1, -0.05) is 0 Å². The highest BCUT2D eigenvalue weighted by molar-refractivity contribution is 5.87. The lowest BCUT2D eigenvalue weighted by molar-refractivity contribution is 0.0587. The highest BCUT2D eigenvalue weighted by Gasteiger charge is 2.15. The summed E-state index contributed by atoms with van der Waals surface area (Å²) in [6.45, 7) is 6.27. The summed E-state index contributed by atoms with van der Waals surface area (Å²) < 4.78 is 6.71. The maximum Gasteiger partial charge on any atom is 0.356 e. The number of hydrogen-bond acceptors (Lipinski definition) is 4. The van der Waals surface area contributed by atoms with Gasteiger partial charge in [-0.05, 0) is 45.8 Å². The zero-order valence-corrected chi connectivity index (χ0v) is 11.2. The van der Waals surface area contributed by atoms with Crippen molar-refractivity contribution in [3.8, 4) is 0 Å². The number of nitrogens with zero attached hydrogens (tertiary/aromatic N) is 3. The maximum absolute atomic E-state index is 11.6. The van der Waals surface area contributed by atoms with E-state index in [-0.39, 0.29) is 5.97 Å². The van der Waals surface area contributed by atoms with Gasteiger partial charge in [0.25, 0.3) is 0 Å². The Balaban J connectivity index is 1.91. The molecule has 1 saturated heterocycles. The molecule has 100 valence electrons. The summed E-state index contributed by atoms with van der Waals surface area (Å²) in [4.78, 5) is 18.2. The summed E-state index contributed by atoms with van der Waals surface area (Å²) in [6.07, 6.45) is 5.27. The first-order valence-electron chi connectivity index (χ1n) is 6.55. The molecule has 0 radical (unpaired) electrons. The number of imidazole rings is 1. The third-order valence-electron chi connectivity index (χ3n) is 3.50. The van der Waals surface area contributed by atoms with Crippen LogP contribution in [0.15, 0.2) is 6.20 Å². The minimum absolute atomic E-state index is 0.309. The number of hydrogen-bond donors (Lipinski definition) is 0. The fourth-order valence-electron chi connectivity index (χ4n) is 2.48. The number of ether oxygens (including phenoxy) is 1. The first kappa shape index (κ1) is 13.1. The standard InChI is InChI=1S/C13H21N3O2/c1-11-14-10-12(13(17)18-2)16(11)9-5-8-15-6-3-4-7-15/h10H,3-9H2,1-2H3. The van der Waals surface area contributed by atoms with Gasteiger partial charge in [0.2, 0.25) is 0 Å². The molecule has 1 aliphatic rings. The predicted molar refractivity (Wildman–Crippen MR) is 68.6 cm³/mol. The van der Waals surface area contributed by atoms with Gasteiger partial charge >= 0.3 is 5.97 Å². The summed E-state index contributed by atoms with van der Waals surface area (Å²) in [7, 11) is 1.40. The Morgan fingerprint density at radius 3 is 2.78 bits per heavy atom. The van der Waals surface area contributed by atoms with Crippen LogP contribution in [0.5, 0.6) is 0 Å². The zero-order chi connectivity index (χ0) is 13.0. The van der Waals surface area contributed by atoms with E-state index >= 15 is 0 Å². The van der Waals surface area contributed by atoms with Crippen LogP contribution in [-0.2, 0) is 11.3 Å². The lowest BCUT2D eigenvalue weighted by Gasteiger charge is -2.15. The molecule has 0 saturated carbocycles. The molecule has 0 spiro atoms. The Labute approximate surface area is 108 Å². The van der Waals surface area contributed by atoms with Crippen LogP contribution < -0.4 is 0 Å². The number of methoxy groups -OCH3 is 1. The van der Waals surface area contributed by atoms with Crippen molar-refractivity contribution in [1.29, 1.82) is 0 Å². The second kappa shape index (κ2) is 6.00. The van der Waals surface area contributed by atoms with E-state index < -0.39 is 0 Å². The molecular formula is C13H21N3O2. The van der Waals surface area contributed by atoms with E-state index in [0.29, 0.717) is 5.69 Å². The van der Waals surface area contributed by atoms with Crippen molar-refractivity contribution in [3.63, 3.8) is 0 Å². The Kier molecular flexibility index (Phi) is 4.36. The Hall–Kier alpha value is -1.36. The molecule has 2 heterocycles. The molecule has 1 aromatic rings. The van der Waals surface area contributed by atoms with Crippen LogP contribution in [0, 0.1) is 6.92 Å². The maximum atomic E-state index is 11.6. The first-order chi connectivity index (χ1) is 8.72. The average Bonchev–Trinajstić information content (AvgIpc) is 3.00. The second-order valence-corrected chi connectivity index (χ2v) is 4.74. The molecule has 5 heteroatoms. The third-order valence-corrected chi connectivity index (χ3v) is 3.50. The van der Waals surface area contributed by atoms with Crippen LogP contribution in [0.4, 0.5) is 0 Å². The number of carbonyl (C=O) groups is 1. The molecule has 0 unspecified atom stereocenters. The van der Waals surface area contributed by atoms with Crippen LogP contribution in [0.2, 0.25) is 0 Å². The van der Waals surface area contributed by atoms with E-state index in [2.05, 4.69) is 9.88 Å². The van der Waals surface area contributed by atoms with E-state index in [4.69, 9.17) is 4.74 Å². The van der Waals surface area contributed by atoms with E-state index in [9.17, 15) is 4.79 Å². The van der Waals surface area contributed by atoms with Crippen LogP contribution in [0.3, 0.4) is 0 Å². The molecule has 0 amide bonds. The SMILES string of the molecule is COC(=O)c1cnc(C)n1CCCN1CCCC1. The van der Waals surface area contributed by atoms with Gasteiger partial charge in [-0.3, -0.25) is 0 Å². The van der Waals surface area contributed by atoms with Crippen LogP contribution in [-0.4, -0.2) is 47.2 Å². The Morgan fingerprint density at radius 2 is 2.11 bits per heavy atom. The normalized spacial score (nSPS) is 16.1. The van der Waals surface area contributed by atoms with Crippen molar-refractivity contribution < 1.29 is 9.53 Å². The van der Waals surface area contributed by atoms with E-state index in [1.54, 1.807) is 6.20 Å². The number of carbonyl (C=O) groups excluding carboxylic acids is 1. The molecular weight excluding hydrogens is 230 g/mol. The third kappa shape index (κ3) is 2.90. The highest BCUT2D eigenvalue weighted by atomic mass is 16.5. The van der Waals surface area contributed by atoms with Gasteiger partial charge in [0.1, 0.15) is 11.5 Å². The fourth-order valence-corrected chi connectivity index (χ4v) is 2.48. The van der Waals surface area contributed by atoms with Gasteiger partial charge in [0, 0.05) is 6.54 Å². The molecule has 0 N–H and O–H groups in total. The Morgan fingerprint density at radius 1 is 1.39 bits per heavy atom.